The Hall–Kier alpha value is -3.91. The topological polar surface area (TPSA) is 81.4 Å². The molecule has 0 unspecified atom stereocenters. The van der Waals surface area contributed by atoms with Crippen molar-refractivity contribution in [1.82, 2.24) is 14.8 Å². The number of hydrogen-bond acceptors (Lipinski definition) is 7. The molecule has 38 heavy (non-hydrogen) atoms. The predicted octanol–water partition coefficient (Wildman–Crippen LogP) is 7.00. The summed E-state index contributed by atoms with van der Waals surface area (Å²) in [5.74, 6) is 1.91. The molecule has 4 aromatic rings. The average molecular weight is 526 g/mol. The highest BCUT2D eigenvalue weighted by atomic mass is 32.2. The third kappa shape index (κ3) is 6.50. The van der Waals surface area contributed by atoms with Gasteiger partial charge in [-0.25, -0.2) is 0 Å². The van der Waals surface area contributed by atoms with Gasteiger partial charge in [0.15, 0.2) is 16.7 Å². The summed E-state index contributed by atoms with van der Waals surface area (Å²) in [5.41, 5.74) is 6.01. The first kappa shape index (κ1) is 25.7. The number of hydrazone groups is 1. The molecule has 0 amide bonds. The number of aromatic nitrogens is 3. The van der Waals surface area contributed by atoms with E-state index in [1.165, 1.54) is 56.4 Å². The summed E-state index contributed by atoms with van der Waals surface area (Å²) in [6, 6.07) is 27.8. The minimum atomic E-state index is -0.170. The van der Waals surface area contributed by atoms with Crippen molar-refractivity contribution in [3.63, 3.8) is 0 Å². The summed E-state index contributed by atoms with van der Waals surface area (Å²) >= 11 is 1.17. The third-order valence-electron chi connectivity index (χ3n) is 6.59. The van der Waals surface area contributed by atoms with E-state index in [2.05, 4.69) is 32.9 Å². The minimum absolute atomic E-state index is 0.170. The number of para-hydroxylation sites is 2. The molecular weight excluding hydrogens is 494 g/mol. The molecule has 194 valence electrons. The summed E-state index contributed by atoms with van der Waals surface area (Å²) in [4.78, 5) is 12.4. The molecule has 1 saturated carbocycles. The second-order valence-electron chi connectivity index (χ2n) is 9.32. The summed E-state index contributed by atoms with van der Waals surface area (Å²) in [7, 11) is 0. The summed E-state index contributed by atoms with van der Waals surface area (Å²) in [5, 5.41) is 14.0. The van der Waals surface area contributed by atoms with Gasteiger partial charge in [-0.05, 0) is 72.5 Å². The molecule has 8 heteroatoms. The fourth-order valence-corrected chi connectivity index (χ4v) is 5.40. The van der Waals surface area contributed by atoms with Crippen molar-refractivity contribution in [3.8, 4) is 11.4 Å². The largest absolute Gasteiger partial charge is 0.486 e. The number of ether oxygens (including phenoxy) is 1. The Morgan fingerprint density at radius 1 is 0.947 bits per heavy atom. The van der Waals surface area contributed by atoms with Crippen molar-refractivity contribution in [2.75, 3.05) is 5.43 Å². The molecule has 1 N–H and O–H groups in total. The molecule has 0 spiro atoms. The molecular formula is C30H31N5O2S. The Kier molecular flexibility index (Phi) is 8.50. The van der Waals surface area contributed by atoms with Crippen LogP contribution in [0.3, 0.4) is 0 Å². The van der Waals surface area contributed by atoms with Gasteiger partial charge in [-0.2, -0.15) is 5.10 Å². The standard InChI is InChI=1S/C30H31N5O2S/c1-22(36)29(33-31-25-13-7-3-8-14-25)38-30-34-32-28(35(30)26-15-9-4-10-16-26)21-37-27-19-17-24(18-20-27)23-11-5-2-6-12-23/h3-4,7-10,13-20,23,31H,2,5-6,11-12,21H2,1H3/b33-29+. The van der Waals surface area contributed by atoms with Gasteiger partial charge in [-0.3, -0.25) is 14.8 Å². The number of rotatable bonds is 9. The second-order valence-corrected chi connectivity index (χ2v) is 10.3. The van der Waals surface area contributed by atoms with Crippen LogP contribution >= 0.6 is 11.8 Å². The maximum absolute atomic E-state index is 12.4. The minimum Gasteiger partial charge on any atom is -0.486 e. The van der Waals surface area contributed by atoms with E-state index < -0.39 is 0 Å². The van der Waals surface area contributed by atoms with Crippen molar-refractivity contribution in [1.29, 1.82) is 0 Å². The van der Waals surface area contributed by atoms with Crippen LogP contribution in [0.1, 0.15) is 56.3 Å². The van der Waals surface area contributed by atoms with Gasteiger partial charge in [0.05, 0.1) is 5.69 Å². The van der Waals surface area contributed by atoms with Crippen molar-refractivity contribution >= 4 is 28.3 Å². The molecule has 0 bridgehead atoms. The summed E-state index contributed by atoms with van der Waals surface area (Å²) in [6.07, 6.45) is 6.53. The first-order chi connectivity index (χ1) is 18.7. The van der Waals surface area contributed by atoms with E-state index in [0.717, 1.165) is 17.1 Å². The average Bonchev–Trinajstić information content (AvgIpc) is 3.38. The van der Waals surface area contributed by atoms with Crippen LogP contribution in [0.2, 0.25) is 0 Å². The van der Waals surface area contributed by atoms with Crippen molar-refractivity contribution in [2.45, 2.75) is 56.7 Å². The van der Waals surface area contributed by atoms with Gasteiger partial charge in [0, 0.05) is 12.6 Å². The number of nitrogens with one attached hydrogen (secondary N) is 1. The van der Waals surface area contributed by atoms with Gasteiger partial charge in [-0.1, -0.05) is 67.8 Å². The van der Waals surface area contributed by atoms with Crippen LogP contribution in [-0.4, -0.2) is 25.6 Å². The van der Waals surface area contributed by atoms with Gasteiger partial charge < -0.3 is 4.74 Å². The van der Waals surface area contributed by atoms with E-state index in [1.807, 2.05) is 77.4 Å². The lowest BCUT2D eigenvalue weighted by atomic mass is 9.84. The Labute approximate surface area is 227 Å². The Bertz CT molecular complexity index is 1370. The lowest BCUT2D eigenvalue weighted by Gasteiger charge is -2.22. The highest BCUT2D eigenvalue weighted by Gasteiger charge is 2.20. The van der Waals surface area contributed by atoms with Crippen LogP contribution in [0, 0.1) is 0 Å². The first-order valence-electron chi connectivity index (χ1n) is 13.0. The van der Waals surface area contributed by atoms with E-state index in [1.54, 1.807) is 0 Å². The van der Waals surface area contributed by atoms with Crippen LogP contribution in [0.5, 0.6) is 5.75 Å². The molecule has 0 atom stereocenters. The Balaban J connectivity index is 1.34. The number of nitrogens with zero attached hydrogens (tertiary/aromatic N) is 4. The van der Waals surface area contributed by atoms with Crippen molar-refractivity contribution in [3.05, 3.63) is 96.3 Å². The third-order valence-corrected chi connectivity index (χ3v) is 7.61. The van der Waals surface area contributed by atoms with Gasteiger partial charge in [-0.15, -0.1) is 10.2 Å². The highest BCUT2D eigenvalue weighted by Crippen LogP contribution is 2.33. The fraction of sp³-hybridized carbons (Fsp3) is 0.267. The van der Waals surface area contributed by atoms with E-state index in [-0.39, 0.29) is 17.4 Å². The van der Waals surface area contributed by atoms with E-state index in [4.69, 9.17) is 4.74 Å². The van der Waals surface area contributed by atoms with Crippen LogP contribution in [0.15, 0.2) is 95.2 Å². The molecule has 0 aliphatic heterocycles. The molecule has 0 saturated heterocycles. The molecule has 5 rings (SSSR count). The maximum atomic E-state index is 12.4. The molecule has 7 nitrogen and oxygen atoms in total. The fourth-order valence-electron chi connectivity index (χ4n) is 4.60. The zero-order valence-corrected chi connectivity index (χ0v) is 22.2. The molecule has 1 heterocycles. The molecule has 1 aliphatic carbocycles. The van der Waals surface area contributed by atoms with Gasteiger partial charge in [0.2, 0.25) is 5.16 Å². The SMILES string of the molecule is CC(=O)/C(=N\Nc1ccccc1)Sc1nnc(COc2ccc(C3CCCCC3)cc2)n1-c1ccccc1. The quantitative estimate of drug-likeness (QED) is 0.110. The van der Waals surface area contributed by atoms with Crippen molar-refractivity contribution in [2.24, 2.45) is 5.10 Å². The smallest absolute Gasteiger partial charge is 0.202 e. The number of carbonyl (C=O) groups excluding carboxylic acids is 1. The number of benzene rings is 3. The highest BCUT2D eigenvalue weighted by molar-refractivity contribution is 8.15. The van der Waals surface area contributed by atoms with Gasteiger partial charge in [0.25, 0.3) is 0 Å². The molecule has 1 fully saturated rings. The molecule has 3 aromatic carbocycles. The Morgan fingerprint density at radius 3 is 2.32 bits per heavy atom. The van der Waals surface area contributed by atoms with Crippen LogP contribution in [0.4, 0.5) is 5.69 Å². The predicted molar refractivity (Wildman–Crippen MR) is 152 cm³/mol. The van der Waals surface area contributed by atoms with Crippen molar-refractivity contribution < 1.29 is 9.53 Å². The number of anilines is 1. The Morgan fingerprint density at radius 2 is 1.63 bits per heavy atom. The van der Waals surface area contributed by atoms with Gasteiger partial charge >= 0.3 is 0 Å². The first-order valence-corrected chi connectivity index (χ1v) is 13.8. The number of Topliss-reactive ketones (excluding diaryl/α,β-unsaturated/α-hetero) is 1. The molecule has 1 aliphatic rings. The monoisotopic (exact) mass is 525 g/mol. The lowest BCUT2D eigenvalue weighted by molar-refractivity contribution is -0.110. The van der Waals surface area contributed by atoms with Crippen LogP contribution in [0.25, 0.3) is 5.69 Å². The number of carbonyl (C=O) groups is 1. The summed E-state index contributed by atoms with van der Waals surface area (Å²) in [6.45, 7) is 1.72. The number of hydrogen-bond donors (Lipinski definition) is 1. The van der Waals surface area contributed by atoms with E-state index >= 15 is 0 Å². The number of thioether (sulfide) groups is 1. The molecule has 0 radical (unpaired) electrons. The number of ketones is 1. The second kappa shape index (κ2) is 12.6. The van der Waals surface area contributed by atoms with Gasteiger partial charge in [0.1, 0.15) is 12.4 Å². The zero-order valence-electron chi connectivity index (χ0n) is 21.4. The maximum Gasteiger partial charge on any atom is 0.202 e. The normalized spacial score (nSPS) is 14.3. The summed E-state index contributed by atoms with van der Waals surface area (Å²) < 4.78 is 8.03. The zero-order chi connectivity index (χ0) is 26.2. The molecule has 1 aromatic heterocycles. The van der Waals surface area contributed by atoms with E-state index in [9.17, 15) is 4.79 Å². The van der Waals surface area contributed by atoms with E-state index in [0.29, 0.717) is 16.9 Å². The van der Waals surface area contributed by atoms with Crippen LogP contribution < -0.4 is 10.2 Å². The van der Waals surface area contributed by atoms with Crippen LogP contribution in [-0.2, 0) is 11.4 Å². The lowest BCUT2D eigenvalue weighted by Crippen LogP contribution is -2.11.